The van der Waals surface area contributed by atoms with E-state index in [2.05, 4.69) is 65.6 Å². The molecule has 1 aliphatic carbocycles. The number of aromatic nitrogens is 4. The molecule has 3 fully saturated rings. The van der Waals surface area contributed by atoms with Crippen molar-refractivity contribution in [3.05, 3.63) is 71.3 Å². The Kier molecular flexibility index (Phi) is 13.1. The van der Waals surface area contributed by atoms with Crippen molar-refractivity contribution in [1.82, 2.24) is 28.5 Å². The van der Waals surface area contributed by atoms with E-state index in [0.717, 1.165) is 118 Å². The second-order valence-electron chi connectivity index (χ2n) is 13.2. The fourth-order valence-electron chi connectivity index (χ4n) is 6.19. The summed E-state index contributed by atoms with van der Waals surface area (Å²) >= 11 is 3.13. The maximum atomic E-state index is 5.30. The molecular weight excluding hydrogens is 653 g/mol. The molecule has 0 unspecified atom stereocenters. The van der Waals surface area contributed by atoms with Crippen LogP contribution in [0.4, 0.5) is 10.3 Å². The Hall–Kier alpha value is -3.32. The summed E-state index contributed by atoms with van der Waals surface area (Å²) in [5.74, 6) is 4.62. The van der Waals surface area contributed by atoms with Crippen molar-refractivity contribution in [3.63, 3.8) is 0 Å². The van der Waals surface area contributed by atoms with E-state index in [1.165, 1.54) is 36.8 Å². The molecule has 3 aliphatic rings. The zero-order valence-corrected chi connectivity index (χ0v) is 31.1. The molecule has 49 heavy (non-hydrogen) atoms. The van der Waals surface area contributed by atoms with Crippen LogP contribution in [-0.2, 0) is 19.3 Å². The van der Waals surface area contributed by atoms with E-state index in [-0.39, 0.29) is 0 Å². The molecule has 0 atom stereocenters. The zero-order chi connectivity index (χ0) is 33.8. The molecule has 0 spiro atoms. The zero-order valence-electron chi connectivity index (χ0n) is 29.4. The molecular formula is C37H52N8O2S2. The number of unbranched alkanes of at least 4 members (excludes halogenated alkanes) is 1. The molecule has 4 heterocycles. The summed E-state index contributed by atoms with van der Waals surface area (Å²) in [6, 6.07) is 16.8. The topological polar surface area (TPSA) is 83.0 Å². The summed E-state index contributed by atoms with van der Waals surface area (Å²) in [6.45, 7) is 13.0. The average Bonchev–Trinajstić information content (AvgIpc) is 3.69. The first-order chi connectivity index (χ1) is 24.1. The molecule has 10 nitrogen and oxygen atoms in total. The van der Waals surface area contributed by atoms with Crippen molar-refractivity contribution in [2.24, 2.45) is 0 Å². The van der Waals surface area contributed by atoms with E-state index >= 15 is 0 Å². The van der Waals surface area contributed by atoms with Crippen molar-refractivity contribution < 1.29 is 9.47 Å². The first-order valence-corrected chi connectivity index (χ1v) is 19.5. The summed E-state index contributed by atoms with van der Waals surface area (Å²) in [5, 5.41) is 2.21. The number of benzene rings is 2. The predicted octanol–water partition coefficient (Wildman–Crippen LogP) is 6.04. The van der Waals surface area contributed by atoms with E-state index in [1.54, 1.807) is 37.3 Å². The lowest BCUT2D eigenvalue weighted by molar-refractivity contribution is 0.261. The van der Waals surface area contributed by atoms with Gasteiger partial charge in [0, 0.05) is 101 Å². The molecule has 264 valence electrons. The molecule has 0 N–H and O–H groups in total. The van der Waals surface area contributed by atoms with Crippen molar-refractivity contribution in [2.45, 2.75) is 57.8 Å². The Bertz CT molecular complexity index is 1540. The predicted molar refractivity (Wildman–Crippen MR) is 201 cm³/mol. The van der Waals surface area contributed by atoms with Gasteiger partial charge >= 0.3 is 0 Å². The Morgan fingerprint density at radius 3 is 1.90 bits per heavy atom. The minimum atomic E-state index is 0.654. The Balaban J connectivity index is 0.000000170. The lowest BCUT2D eigenvalue weighted by Crippen LogP contribution is -2.47. The number of piperazine rings is 2. The number of rotatable bonds is 14. The fourth-order valence-corrected chi connectivity index (χ4v) is 7.75. The number of hydrogen-bond donors (Lipinski definition) is 0. The Morgan fingerprint density at radius 2 is 1.29 bits per heavy atom. The van der Waals surface area contributed by atoms with E-state index < -0.39 is 0 Å². The van der Waals surface area contributed by atoms with Crippen LogP contribution in [0.15, 0.2) is 48.5 Å². The van der Waals surface area contributed by atoms with E-state index in [4.69, 9.17) is 19.4 Å². The quantitative estimate of drug-likeness (QED) is 0.155. The number of methoxy groups -OCH3 is 2. The van der Waals surface area contributed by atoms with Gasteiger partial charge in [-0.05, 0) is 67.5 Å². The molecule has 0 amide bonds. The minimum Gasteiger partial charge on any atom is -0.497 e. The van der Waals surface area contributed by atoms with Crippen LogP contribution < -0.4 is 19.3 Å². The number of anilines is 2. The molecule has 7 rings (SSSR count). The second-order valence-corrected chi connectivity index (χ2v) is 14.6. The molecule has 4 aromatic rings. The van der Waals surface area contributed by atoms with Gasteiger partial charge in [-0.1, -0.05) is 37.6 Å². The lowest BCUT2D eigenvalue weighted by atomic mass is 10.1. The largest absolute Gasteiger partial charge is 0.497 e. The van der Waals surface area contributed by atoms with Crippen molar-refractivity contribution >= 4 is 33.3 Å². The monoisotopic (exact) mass is 704 g/mol. The molecule has 12 heteroatoms. The van der Waals surface area contributed by atoms with Gasteiger partial charge in [0.25, 0.3) is 0 Å². The number of ether oxygens (including phenoxy) is 2. The van der Waals surface area contributed by atoms with Crippen LogP contribution in [0.1, 0.15) is 61.3 Å². The smallest absolute Gasteiger partial charge is 0.205 e. The highest BCUT2D eigenvalue weighted by Crippen LogP contribution is 2.39. The molecule has 0 bridgehead atoms. The van der Waals surface area contributed by atoms with Crippen LogP contribution in [0.3, 0.4) is 0 Å². The van der Waals surface area contributed by atoms with Gasteiger partial charge in [-0.25, -0.2) is 9.97 Å². The maximum Gasteiger partial charge on any atom is 0.205 e. The third-order valence-corrected chi connectivity index (χ3v) is 11.2. The van der Waals surface area contributed by atoms with Crippen LogP contribution in [0, 0.1) is 0 Å². The first kappa shape index (κ1) is 35.5. The van der Waals surface area contributed by atoms with Crippen LogP contribution in [-0.4, -0.2) is 108 Å². The Morgan fingerprint density at radius 1 is 0.673 bits per heavy atom. The third-order valence-electron chi connectivity index (χ3n) is 9.60. The van der Waals surface area contributed by atoms with Gasteiger partial charge in [0.2, 0.25) is 10.3 Å². The van der Waals surface area contributed by atoms with Gasteiger partial charge in [-0.2, -0.15) is 8.75 Å². The van der Waals surface area contributed by atoms with E-state index in [1.807, 2.05) is 18.2 Å². The standard InChI is InChI=1S/C19H28N4OS.C18H24N4OS/c1-3-4-8-18-20-19(25-21-18)23-13-11-22(12-14-23)10-9-16-6-5-7-17(15-16)24-2;1-23-16-6-2-14(3-7-16)8-9-21-10-12-22(13-11-21)18-19-17(20-24-18)15-4-5-15/h5-7,15H,3-4,8-14H2,1-2H3;2-3,6-7,15H,4-5,8-13H2,1H3. The normalized spacial score (nSPS) is 17.1. The van der Waals surface area contributed by atoms with Gasteiger partial charge < -0.3 is 19.3 Å². The summed E-state index contributed by atoms with van der Waals surface area (Å²) < 4.78 is 19.5. The minimum absolute atomic E-state index is 0.654. The first-order valence-electron chi connectivity index (χ1n) is 18.0. The molecule has 0 radical (unpaired) electrons. The number of aryl methyl sites for hydroxylation is 1. The lowest BCUT2D eigenvalue weighted by Gasteiger charge is -2.34. The second kappa shape index (κ2) is 18.1. The van der Waals surface area contributed by atoms with Crippen LogP contribution in [0.5, 0.6) is 11.5 Å². The van der Waals surface area contributed by atoms with Crippen molar-refractivity contribution in [2.75, 3.05) is 89.5 Å². The highest BCUT2D eigenvalue weighted by molar-refractivity contribution is 7.10. The van der Waals surface area contributed by atoms with Crippen molar-refractivity contribution in [3.8, 4) is 11.5 Å². The van der Waals surface area contributed by atoms with Crippen LogP contribution in [0.2, 0.25) is 0 Å². The number of hydrogen-bond acceptors (Lipinski definition) is 12. The highest BCUT2D eigenvalue weighted by atomic mass is 32.1. The van der Waals surface area contributed by atoms with E-state index in [0.29, 0.717) is 5.92 Å². The maximum absolute atomic E-state index is 5.30. The highest BCUT2D eigenvalue weighted by Gasteiger charge is 2.29. The molecule has 2 aliphatic heterocycles. The summed E-state index contributed by atoms with van der Waals surface area (Å²) in [7, 11) is 3.43. The summed E-state index contributed by atoms with van der Waals surface area (Å²) in [4.78, 5) is 19.3. The SMILES string of the molecule is CCCCc1nsc(N2CCN(CCc3cccc(OC)c3)CC2)n1.COc1ccc(CCN2CCN(c3nc(C4CC4)ns3)CC2)cc1. The van der Waals surface area contributed by atoms with Gasteiger partial charge in [0.1, 0.15) is 23.1 Å². The van der Waals surface area contributed by atoms with Gasteiger partial charge in [-0.15, -0.1) is 0 Å². The molecule has 2 aromatic heterocycles. The van der Waals surface area contributed by atoms with Crippen molar-refractivity contribution in [1.29, 1.82) is 0 Å². The van der Waals surface area contributed by atoms with Gasteiger partial charge in [0.05, 0.1) is 14.2 Å². The van der Waals surface area contributed by atoms with Gasteiger partial charge in [0.15, 0.2) is 0 Å². The fraction of sp³-hybridized carbons (Fsp3) is 0.568. The molecule has 2 saturated heterocycles. The summed E-state index contributed by atoms with van der Waals surface area (Å²) in [5.41, 5.74) is 2.71. The van der Waals surface area contributed by atoms with Crippen LogP contribution >= 0.6 is 23.1 Å². The Labute approximate surface area is 300 Å². The van der Waals surface area contributed by atoms with Gasteiger partial charge in [-0.3, -0.25) is 9.80 Å². The third kappa shape index (κ3) is 10.6. The van der Waals surface area contributed by atoms with E-state index in [9.17, 15) is 0 Å². The van der Waals surface area contributed by atoms with Crippen LogP contribution in [0.25, 0.3) is 0 Å². The molecule has 1 saturated carbocycles. The average molecular weight is 705 g/mol. The number of nitrogens with zero attached hydrogens (tertiary/aromatic N) is 8. The summed E-state index contributed by atoms with van der Waals surface area (Å²) in [6.07, 6.45) is 8.08. The molecule has 2 aromatic carbocycles.